The highest BCUT2D eigenvalue weighted by molar-refractivity contribution is 5.96. The molecule has 4 atom stereocenters. The molecule has 268 valence electrons. The van der Waals surface area contributed by atoms with Crippen LogP contribution in [0.5, 0.6) is 0 Å². The number of imidazole rings is 1. The number of amides is 5. The standard InChI is InChI=1S/C36H44N10O5/c1-22(47)43-31(19-26-20-40-21-42-26)35(51)46-30(17-23-9-3-2-4-10-23)34(50)44-28(15-8-16-41-36(38)39)33(49)45-29(32(37)48)18-25-13-7-12-24-11-5-6-14-27(24)25/h2-7,9-14,20-21,28-31H,8,15-19H2,1H3,(H2,37,48)(H,40,42)(H,43,47)(H,44,50)(H,45,49)(H,46,51)(H4,38,39,41)/t28-,29?,30+,31-/m0/s1. The van der Waals surface area contributed by atoms with Crippen LogP contribution in [0.15, 0.2) is 90.3 Å². The molecule has 1 aromatic heterocycles. The van der Waals surface area contributed by atoms with E-state index in [-0.39, 0.29) is 38.2 Å². The summed E-state index contributed by atoms with van der Waals surface area (Å²) >= 11 is 0. The fourth-order valence-corrected chi connectivity index (χ4v) is 5.63. The maximum absolute atomic E-state index is 14.0. The first-order chi connectivity index (χ1) is 24.5. The molecule has 15 heteroatoms. The smallest absolute Gasteiger partial charge is 0.243 e. The van der Waals surface area contributed by atoms with Crippen LogP contribution in [-0.2, 0) is 43.2 Å². The van der Waals surface area contributed by atoms with Crippen molar-refractivity contribution in [1.29, 1.82) is 0 Å². The van der Waals surface area contributed by atoms with Gasteiger partial charge in [0.1, 0.15) is 24.2 Å². The molecule has 4 rings (SSSR count). The molecule has 0 saturated carbocycles. The van der Waals surface area contributed by atoms with E-state index in [0.717, 1.165) is 21.9 Å². The van der Waals surface area contributed by atoms with Crippen LogP contribution in [0.25, 0.3) is 10.8 Å². The molecule has 0 spiro atoms. The Morgan fingerprint density at radius 1 is 0.725 bits per heavy atom. The maximum Gasteiger partial charge on any atom is 0.243 e. The maximum atomic E-state index is 14.0. The summed E-state index contributed by atoms with van der Waals surface area (Å²) in [6.07, 6.45) is 3.65. The van der Waals surface area contributed by atoms with Crippen LogP contribution in [0.4, 0.5) is 0 Å². The Hall–Kier alpha value is -6.25. The summed E-state index contributed by atoms with van der Waals surface area (Å²) in [5, 5.41) is 12.7. The SMILES string of the molecule is CC(=O)N[C@@H](Cc1cnc[nH]1)C(=O)N[C@H](Cc1ccccc1)C(=O)N[C@@H](CCCN=C(N)N)C(=O)NC(Cc1cccc2ccccc12)C(N)=O. The van der Waals surface area contributed by atoms with Gasteiger partial charge in [0.25, 0.3) is 0 Å². The Balaban J connectivity index is 1.56. The number of nitrogens with two attached hydrogens (primary N) is 3. The summed E-state index contributed by atoms with van der Waals surface area (Å²) in [6.45, 7) is 1.46. The molecule has 0 aliphatic rings. The molecule has 0 radical (unpaired) electrons. The average Bonchev–Trinajstić information content (AvgIpc) is 3.62. The predicted molar refractivity (Wildman–Crippen MR) is 193 cm³/mol. The number of hydrogen-bond acceptors (Lipinski definition) is 7. The number of guanidine groups is 1. The normalized spacial score (nSPS) is 13.2. The van der Waals surface area contributed by atoms with Crippen LogP contribution in [0.3, 0.4) is 0 Å². The molecule has 15 nitrogen and oxygen atoms in total. The minimum atomic E-state index is -1.16. The van der Waals surface area contributed by atoms with Crippen LogP contribution in [-0.4, -0.2) is 76.2 Å². The molecule has 0 bridgehead atoms. The van der Waals surface area contributed by atoms with Gasteiger partial charge in [0, 0.05) is 44.6 Å². The molecule has 0 saturated heterocycles. The summed E-state index contributed by atoms with van der Waals surface area (Å²) < 4.78 is 0. The van der Waals surface area contributed by atoms with Crippen molar-refractivity contribution in [2.24, 2.45) is 22.2 Å². The lowest BCUT2D eigenvalue weighted by Gasteiger charge is -2.26. The molecule has 51 heavy (non-hydrogen) atoms. The van der Waals surface area contributed by atoms with Gasteiger partial charge in [0.15, 0.2) is 5.96 Å². The number of nitrogens with one attached hydrogen (secondary N) is 5. The van der Waals surface area contributed by atoms with Gasteiger partial charge in [-0.05, 0) is 34.7 Å². The zero-order valence-corrected chi connectivity index (χ0v) is 28.3. The Morgan fingerprint density at radius 2 is 1.35 bits per heavy atom. The second-order valence-electron chi connectivity index (χ2n) is 12.1. The molecule has 1 heterocycles. The van der Waals surface area contributed by atoms with Gasteiger partial charge in [-0.15, -0.1) is 0 Å². The van der Waals surface area contributed by atoms with E-state index in [1.165, 1.54) is 19.4 Å². The van der Waals surface area contributed by atoms with Gasteiger partial charge in [-0.2, -0.15) is 0 Å². The fourth-order valence-electron chi connectivity index (χ4n) is 5.63. The van der Waals surface area contributed by atoms with Crippen molar-refractivity contribution < 1.29 is 24.0 Å². The summed E-state index contributed by atoms with van der Waals surface area (Å²) in [5.41, 5.74) is 18.8. The highest BCUT2D eigenvalue weighted by atomic mass is 16.2. The van der Waals surface area contributed by atoms with Crippen molar-refractivity contribution in [2.75, 3.05) is 6.54 Å². The van der Waals surface area contributed by atoms with Gasteiger partial charge in [-0.3, -0.25) is 29.0 Å². The van der Waals surface area contributed by atoms with E-state index in [1.807, 2.05) is 48.5 Å². The van der Waals surface area contributed by atoms with E-state index in [0.29, 0.717) is 12.1 Å². The highest BCUT2D eigenvalue weighted by Gasteiger charge is 2.31. The van der Waals surface area contributed by atoms with Crippen molar-refractivity contribution in [3.63, 3.8) is 0 Å². The lowest BCUT2D eigenvalue weighted by Crippen LogP contribution is -2.59. The van der Waals surface area contributed by atoms with E-state index in [9.17, 15) is 24.0 Å². The van der Waals surface area contributed by atoms with Gasteiger partial charge in [-0.25, -0.2) is 4.98 Å². The number of aromatic amines is 1. The van der Waals surface area contributed by atoms with Gasteiger partial charge in [-0.1, -0.05) is 72.8 Å². The number of primary amides is 1. The average molecular weight is 697 g/mol. The number of carbonyl (C=O) groups excluding carboxylic acids is 5. The molecular weight excluding hydrogens is 652 g/mol. The summed E-state index contributed by atoms with van der Waals surface area (Å²) in [4.78, 5) is 76.9. The second kappa shape index (κ2) is 18.5. The summed E-state index contributed by atoms with van der Waals surface area (Å²) in [5.74, 6) is -3.26. The van der Waals surface area contributed by atoms with Gasteiger partial charge in [0.2, 0.25) is 29.5 Å². The van der Waals surface area contributed by atoms with Crippen LogP contribution in [0.2, 0.25) is 0 Å². The van der Waals surface area contributed by atoms with Crippen molar-refractivity contribution in [2.45, 2.75) is 63.2 Å². The highest BCUT2D eigenvalue weighted by Crippen LogP contribution is 2.20. The first-order valence-corrected chi connectivity index (χ1v) is 16.5. The molecular formula is C36H44N10O5. The Kier molecular flexibility index (Phi) is 13.6. The van der Waals surface area contributed by atoms with E-state index >= 15 is 0 Å². The quantitative estimate of drug-likeness (QED) is 0.0401. The molecule has 0 fully saturated rings. The number of fused-ring (bicyclic) bond motifs is 1. The van der Waals surface area contributed by atoms with E-state index in [4.69, 9.17) is 17.2 Å². The second-order valence-corrected chi connectivity index (χ2v) is 12.1. The van der Waals surface area contributed by atoms with Crippen LogP contribution >= 0.6 is 0 Å². The van der Waals surface area contributed by atoms with Crippen LogP contribution in [0.1, 0.15) is 36.6 Å². The predicted octanol–water partition coefficient (Wildman–Crippen LogP) is 0.0888. The first kappa shape index (κ1) is 37.6. The van der Waals surface area contributed by atoms with E-state index in [2.05, 4.69) is 36.2 Å². The van der Waals surface area contributed by atoms with Crippen molar-refractivity contribution >= 4 is 46.3 Å². The van der Waals surface area contributed by atoms with Crippen molar-refractivity contribution in [1.82, 2.24) is 31.2 Å². The number of rotatable bonds is 18. The monoisotopic (exact) mass is 696 g/mol. The lowest BCUT2D eigenvalue weighted by atomic mass is 9.98. The molecule has 11 N–H and O–H groups in total. The molecule has 0 aliphatic carbocycles. The summed E-state index contributed by atoms with van der Waals surface area (Å²) in [6, 6.07) is 17.9. The molecule has 3 aromatic carbocycles. The zero-order chi connectivity index (χ0) is 36.8. The van der Waals surface area contributed by atoms with Crippen molar-refractivity contribution in [3.05, 3.63) is 102 Å². The van der Waals surface area contributed by atoms with E-state index < -0.39 is 53.7 Å². The number of aliphatic imine (C=N–C) groups is 1. The number of H-pyrrole nitrogens is 1. The number of aromatic nitrogens is 2. The van der Waals surface area contributed by atoms with Gasteiger partial charge < -0.3 is 43.5 Å². The van der Waals surface area contributed by atoms with Gasteiger partial charge in [0.05, 0.1) is 6.33 Å². The molecule has 5 amide bonds. The Labute approximate surface area is 295 Å². The minimum Gasteiger partial charge on any atom is -0.370 e. The Bertz CT molecular complexity index is 1820. The number of nitrogens with zero attached hydrogens (tertiary/aromatic N) is 2. The molecule has 1 unspecified atom stereocenters. The zero-order valence-electron chi connectivity index (χ0n) is 28.3. The summed E-state index contributed by atoms with van der Waals surface area (Å²) in [7, 11) is 0. The molecule has 4 aromatic rings. The first-order valence-electron chi connectivity index (χ1n) is 16.5. The van der Waals surface area contributed by atoms with Gasteiger partial charge >= 0.3 is 0 Å². The van der Waals surface area contributed by atoms with Crippen molar-refractivity contribution in [3.8, 4) is 0 Å². The number of carbonyl (C=O) groups is 5. The largest absolute Gasteiger partial charge is 0.370 e. The van der Waals surface area contributed by atoms with Crippen LogP contribution < -0.4 is 38.5 Å². The number of hydrogen-bond donors (Lipinski definition) is 8. The third-order valence-electron chi connectivity index (χ3n) is 8.13. The van der Waals surface area contributed by atoms with E-state index in [1.54, 1.807) is 24.3 Å². The topological polar surface area (TPSA) is 253 Å². The Morgan fingerprint density at radius 3 is 2.02 bits per heavy atom. The lowest BCUT2D eigenvalue weighted by molar-refractivity contribution is -0.134. The third-order valence-corrected chi connectivity index (χ3v) is 8.13. The fraction of sp³-hybridized carbons (Fsp3) is 0.306. The molecule has 0 aliphatic heterocycles. The minimum absolute atomic E-state index is 0.0720. The third kappa shape index (κ3) is 11.7. The van der Waals surface area contributed by atoms with Crippen LogP contribution in [0, 0.1) is 0 Å². The number of benzene rings is 3.